The smallest absolute Gasteiger partial charge is 0.246 e. The van der Waals surface area contributed by atoms with Crippen molar-refractivity contribution < 1.29 is 14.3 Å². The molecule has 0 atom stereocenters. The highest BCUT2D eigenvalue weighted by molar-refractivity contribution is 6.02. The number of hydrogen-bond acceptors (Lipinski definition) is 6. The molecule has 0 radical (unpaired) electrons. The number of benzene rings is 3. The van der Waals surface area contributed by atoms with E-state index in [9.17, 15) is 4.79 Å². The molecule has 41 heavy (non-hydrogen) atoms. The third-order valence-corrected chi connectivity index (χ3v) is 7.42. The van der Waals surface area contributed by atoms with Gasteiger partial charge in [-0.25, -0.2) is 9.97 Å². The van der Waals surface area contributed by atoms with E-state index < -0.39 is 0 Å². The summed E-state index contributed by atoms with van der Waals surface area (Å²) in [5.41, 5.74) is 4.93. The van der Waals surface area contributed by atoms with Crippen molar-refractivity contribution in [1.29, 1.82) is 0 Å². The summed E-state index contributed by atoms with van der Waals surface area (Å²) in [5.74, 6) is 2.47. The van der Waals surface area contributed by atoms with E-state index in [1.54, 1.807) is 26.6 Å². The Bertz CT molecular complexity index is 1670. The van der Waals surface area contributed by atoms with Gasteiger partial charge in [0.25, 0.3) is 0 Å². The minimum absolute atomic E-state index is 0.00364. The Labute approximate surface area is 239 Å². The molecule has 0 bridgehead atoms. The topological polar surface area (TPSA) is 72.7 Å². The molecule has 8 heteroatoms. The van der Waals surface area contributed by atoms with E-state index in [2.05, 4.69) is 27.8 Å². The van der Waals surface area contributed by atoms with Crippen molar-refractivity contribution in [3.05, 3.63) is 103 Å². The van der Waals surface area contributed by atoms with Crippen LogP contribution >= 0.6 is 0 Å². The standard InChI is InChI=1S/C33H31N5O3/c1-40-27-13-8-24(9-14-27)10-17-30(39)36-18-20-37(21-19-36)32-31-29(25-6-4-3-5-7-25)22-38(33(31)35-23-34-32)26-11-15-28(41-2)16-12-26/h3-17,22-23H,18-21H2,1-2H3. The monoisotopic (exact) mass is 545 g/mol. The van der Waals surface area contributed by atoms with Gasteiger partial charge in [-0.3, -0.25) is 4.79 Å². The number of aromatic nitrogens is 3. The molecule has 8 nitrogen and oxygen atoms in total. The van der Waals surface area contributed by atoms with E-state index in [0.717, 1.165) is 50.7 Å². The van der Waals surface area contributed by atoms with Crippen LogP contribution in [0.15, 0.2) is 97.5 Å². The lowest BCUT2D eigenvalue weighted by atomic mass is 10.1. The maximum atomic E-state index is 13.0. The second-order valence-corrected chi connectivity index (χ2v) is 9.79. The highest BCUT2D eigenvalue weighted by atomic mass is 16.5. The number of hydrogen-bond donors (Lipinski definition) is 0. The molecule has 6 rings (SSSR count). The Hall–Kier alpha value is -5.11. The summed E-state index contributed by atoms with van der Waals surface area (Å²) in [7, 11) is 3.30. The van der Waals surface area contributed by atoms with Crippen LogP contribution < -0.4 is 14.4 Å². The highest BCUT2D eigenvalue weighted by Crippen LogP contribution is 2.37. The van der Waals surface area contributed by atoms with Crippen LogP contribution in [0.5, 0.6) is 11.5 Å². The summed E-state index contributed by atoms with van der Waals surface area (Å²) in [6, 6.07) is 25.9. The van der Waals surface area contributed by atoms with Crippen LogP contribution in [-0.4, -0.2) is 65.7 Å². The molecular formula is C33H31N5O3. The van der Waals surface area contributed by atoms with Gasteiger partial charge in [0, 0.05) is 49.7 Å². The van der Waals surface area contributed by atoms with Crippen molar-refractivity contribution in [2.24, 2.45) is 0 Å². The predicted octanol–water partition coefficient (Wildman–Crippen LogP) is 5.47. The number of methoxy groups -OCH3 is 2. The van der Waals surface area contributed by atoms with E-state index in [4.69, 9.17) is 19.4 Å². The van der Waals surface area contributed by atoms with Crippen LogP contribution in [0.25, 0.3) is 33.9 Å². The third-order valence-electron chi connectivity index (χ3n) is 7.42. The molecule has 0 aliphatic carbocycles. The van der Waals surface area contributed by atoms with E-state index in [0.29, 0.717) is 26.2 Å². The molecular weight excluding hydrogens is 514 g/mol. The lowest BCUT2D eigenvalue weighted by Gasteiger charge is -2.35. The number of nitrogens with zero attached hydrogens (tertiary/aromatic N) is 5. The summed E-state index contributed by atoms with van der Waals surface area (Å²) in [5, 5.41) is 0.994. The SMILES string of the molecule is COc1ccc(C=CC(=O)N2CCN(c3ncnc4c3c(-c3ccccc3)cn4-c3ccc(OC)cc3)CC2)cc1. The Balaban J connectivity index is 1.27. The Kier molecular flexibility index (Phi) is 7.36. The molecule has 3 heterocycles. The fourth-order valence-electron chi connectivity index (χ4n) is 5.19. The van der Waals surface area contributed by atoms with Crippen molar-refractivity contribution >= 4 is 28.8 Å². The summed E-state index contributed by atoms with van der Waals surface area (Å²) >= 11 is 0. The fraction of sp³-hybridized carbons (Fsp3) is 0.182. The lowest BCUT2D eigenvalue weighted by molar-refractivity contribution is -0.126. The number of ether oxygens (including phenoxy) is 2. The molecule has 1 saturated heterocycles. The number of fused-ring (bicyclic) bond motifs is 1. The molecule has 1 aliphatic rings. The second kappa shape index (κ2) is 11.6. The van der Waals surface area contributed by atoms with Crippen molar-refractivity contribution in [2.75, 3.05) is 45.3 Å². The Morgan fingerprint density at radius 1 is 0.805 bits per heavy atom. The number of anilines is 1. The zero-order valence-electron chi connectivity index (χ0n) is 23.1. The molecule has 2 aromatic heterocycles. The van der Waals surface area contributed by atoms with Gasteiger partial charge in [0.05, 0.1) is 19.6 Å². The van der Waals surface area contributed by atoms with Crippen LogP contribution in [0.2, 0.25) is 0 Å². The van der Waals surface area contributed by atoms with Crippen LogP contribution in [0.4, 0.5) is 5.82 Å². The molecule has 0 unspecified atom stereocenters. The lowest BCUT2D eigenvalue weighted by Crippen LogP contribution is -2.48. The zero-order valence-corrected chi connectivity index (χ0v) is 23.1. The summed E-state index contributed by atoms with van der Waals surface area (Å²) in [6.45, 7) is 2.57. The molecule has 0 saturated carbocycles. The van der Waals surface area contributed by atoms with Crippen molar-refractivity contribution in [1.82, 2.24) is 19.4 Å². The number of piperazine rings is 1. The first-order valence-corrected chi connectivity index (χ1v) is 13.6. The van der Waals surface area contributed by atoms with Crippen molar-refractivity contribution in [3.63, 3.8) is 0 Å². The minimum Gasteiger partial charge on any atom is -0.497 e. The first kappa shape index (κ1) is 26.1. The fourth-order valence-corrected chi connectivity index (χ4v) is 5.19. The third kappa shape index (κ3) is 5.36. The molecule has 1 aliphatic heterocycles. The number of carbonyl (C=O) groups is 1. The Morgan fingerprint density at radius 2 is 1.46 bits per heavy atom. The first-order chi connectivity index (χ1) is 20.1. The first-order valence-electron chi connectivity index (χ1n) is 13.6. The van der Waals surface area contributed by atoms with Crippen LogP contribution in [-0.2, 0) is 4.79 Å². The van der Waals surface area contributed by atoms with Gasteiger partial charge in [0.1, 0.15) is 23.6 Å². The van der Waals surface area contributed by atoms with Crippen molar-refractivity contribution in [3.8, 4) is 28.3 Å². The predicted molar refractivity (Wildman–Crippen MR) is 162 cm³/mol. The molecule has 0 N–H and O–H groups in total. The van der Waals surface area contributed by atoms with Gasteiger partial charge >= 0.3 is 0 Å². The van der Waals surface area contributed by atoms with Crippen molar-refractivity contribution in [2.45, 2.75) is 0 Å². The average molecular weight is 546 g/mol. The van der Waals surface area contributed by atoms with E-state index >= 15 is 0 Å². The minimum atomic E-state index is 0.00364. The maximum absolute atomic E-state index is 13.0. The normalized spacial score (nSPS) is 13.6. The van der Waals surface area contributed by atoms with E-state index in [-0.39, 0.29) is 5.91 Å². The second-order valence-electron chi connectivity index (χ2n) is 9.79. The number of rotatable bonds is 7. The highest BCUT2D eigenvalue weighted by Gasteiger charge is 2.25. The van der Waals surface area contributed by atoms with Gasteiger partial charge in [0.2, 0.25) is 5.91 Å². The quantitative estimate of drug-likeness (QED) is 0.253. The molecule has 206 valence electrons. The molecule has 1 fully saturated rings. The molecule has 3 aromatic carbocycles. The largest absolute Gasteiger partial charge is 0.497 e. The molecule has 0 spiro atoms. The summed E-state index contributed by atoms with van der Waals surface area (Å²) in [6.07, 6.45) is 7.24. The zero-order chi connectivity index (χ0) is 28.2. The van der Waals surface area contributed by atoms with E-state index in [1.807, 2.05) is 77.7 Å². The van der Waals surface area contributed by atoms with Crippen LogP contribution in [0.1, 0.15) is 5.56 Å². The maximum Gasteiger partial charge on any atom is 0.246 e. The van der Waals surface area contributed by atoms with Gasteiger partial charge in [-0.2, -0.15) is 0 Å². The van der Waals surface area contributed by atoms with Crippen LogP contribution in [0, 0.1) is 0 Å². The van der Waals surface area contributed by atoms with Gasteiger partial charge < -0.3 is 23.8 Å². The number of amides is 1. The van der Waals surface area contributed by atoms with Gasteiger partial charge in [-0.05, 0) is 53.6 Å². The van der Waals surface area contributed by atoms with Gasteiger partial charge in [-0.1, -0.05) is 42.5 Å². The average Bonchev–Trinajstić information content (AvgIpc) is 3.44. The number of carbonyl (C=O) groups excluding carboxylic acids is 1. The van der Waals surface area contributed by atoms with Gasteiger partial charge in [0.15, 0.2) is 5.65 Å². The van der Waals surface area contributed by atoms with Crippen LogP contribution in [0.3, 0.4) is 0 Å². The van der Waals surface area contributed by atoms with Gasteiger partial charge in [-0.15, -0.1) is 0 Å². The Morgan fingerprint density at radius 3 is 2.12 bits per heavy atom. The summed E-state index contributed by atoms with van der Waals surface area (Å²) < 4.78 is 12.7. The molecule has 5 aromatic rings. The van der Waals surface area contributed by atoms with E-state index in [1.165, 1.54) is 0 Å². The molecule has 1 amide bonds. The summed E-state index contributed by atoms with van der Waals surface area (Å²) in [4.78, 5) is 26.6.